The molecule has 0 aliphatic rings. The van der Waals surface area contributed by atoms with Crippen LogP contribution < -0.4 is 5.73 Å². The Hall–Kier alpha value is -0.900. The molecule has 78 valence electrons. The first-order valence-corrected chi connectivity index (χ1v) is 4.74. The van der Waals surface area contributed by atoms with E-state index in [1.807, 2.05) is 30.3 Å². The highest BCUT2D eigenvalue weighted by molar-refractivity contribution is 5.17. The van der Waals surface area contributed by atoms with E-state index < -0.39 is 0 Å². The van der Waals surface area contributed by atoms with Crippen molar-refractivity contribution in [1.29, 1.82) is 0 Å². The van der Waals surface area contributed by atoms with Gasteiger partial charge in [0.15, 0.2) is 0 Å². The van der Waals surface area contributed by atoms with Crippen LogP contribution in [0.1, 0.15) is 11.7 Å². The summed E-state index contributed by atoms with van der Waals surface area (Å²) in [7, 11) is 1.66. The second-order valence-corrected chi connectivity index (χ2v) is 3.00. The van der Waals surface area contributed by atoms with E-state index in [4.69, 9.17) is 15.2 Å². The fourth-order valence-corrected chi connectivity index (χ4v) is 1.24. The van der Waals surface area contributed by atoms with Crippen LogP contribution in [0.15, 0.2) is 30.3 Å². The van der Waals surface area contributed by atoms with E-state index in [1.54, 1.807) is 7.11 Å². The molecule has 1 atom stereocenters. The molecule has 0 heterocycles. The zero-order chi connectivity index (χ0) is 10.2. The van der Waals surface area contributed by atoms with Crippen molar-refractivity contribution >= 4 is 0 Å². The molecule has 0 spiro atoms. The Morgan fingerprint density at radius 3 is 2.50 bits per heavy atom. The van der Waals surface area contributed by atoms with Gasteiger partial charge in [-0.15, -0.1) is 0 Å². The first-order chi connectivity index (χ1) is 6.88. The normalized spacial score (nSPS) is 12.7. The number of hydrogen-bond donors (Lipinski definition) is 1. The molecule has 0 bridgehead atoms. The molecule has 0 fully saturated rings. The van der Waals surface area contributed by atoms with E-state index in [-0.39, 0.29) is 6.10 Å². The Morgan fingerprint density at radius 2 is 1.93 bits per heavy atom. The van der Waals surface area contributed by atoms with Crippen LogP contribution in [0.2, 0.25) is 0 Å². The highest BCUT2D eigenvalue weighted by atomic mass is 16.5. The SMILES string of the molecule is COCCOC(CN)c1ccccc1. The quantitative estimate of drug-likeness (QED) is 0.697. The van der Waals surface area contributed by atoms with Crippen LogP contribution in [0.3, 0.4) is 0 Å². The summed E-state index contributed by atoms with van der Waals surface area (Å²) in [5.74, 6) is 0. The number of benzene rings is 1. The van der Waals surface area contributed by atoms with E-state index in [1.165, 1.54) is 0 Å². The first-order valence-electron chi connectivity index (χ1n) is 4.74. The molecule has 0 saturated carbocycles. The highest BCUT2D eigenvalue weighted by Crippen LogP contribution is 2.14. The van der Waals surface area contributed by atoms with E-state index in [0.29, 0.717) is 19.8 Å². The standard InChI is InChI=1S/C11H17NO2/c1-13-7-8-14-11(9-12)10-5-3-2-4-6-10/h2-6,11H,7-9,12H2,1H3. The second-order valence-electron chi connectivity index (χ2n) is 3.00. The van der Waals surface area contributed by atoms with Crippen molar-refractivity contribution < 1.29 is 9.47 Å². The summed E-state index contributed by atoms with van der Waals surface area (Å²) >= 11 is 0. The fourth-order valence-electron chi connectivity index (χ4n) is 1.24. The molecule has 1 aromatic rings. The van der Waals surface area contributed by atoms with Crippen LogP contribution in [0, 0.1) is 0 Å². The number of hydrogen-bond acceptors (Lipinski definition) is 3. The van der Waals surface area contributed by atoms with Crippen LogP contribution in [-0.2, 0) is 9.47 Å². The Morgan fingerprint density at radius 1 is 1.21 bits per heavy atom. The molecule has 0 saturated heterocycles. The zero-order valence-corrected chi connectivity index (χ0v) is 8.48. The first kappa shape index (κ1) is 11.2. The maximum atomic E-state index is 5.62. The molecule has 0 amide bonds. The second kappa shape index (κ2) is 6.54. The van der Waals surface area contributed by atoms with Crippen molar-refractivity contribution in [3.8, 4) is 0 Å². The Bertz CT molecular complexity index is 238. The molecule has 0 aliphatic heterocycles. The average molecular weight is 195 g/mol. The molecular formula is C11H17NO2. The lowest BCUT2D eigenvalue weighted by molar-refractivity contribution is 0.0207. The molecule has 2 N–H and O–H groups in total. The van der Waals surface area contributed by atoms with Gasteiger partial charge in [0.25, 0.3) is 0 Å². The van der Waals surface area contributed by atoms with Gasteiger partial charge in [-0.2, -0.15) is 0 Å². The molecule has 3 heteroatoms. The van der Waals surface area contributed by atoms with Crippen molar-refractivity contribution in [2.45, 2.75) is 6.10 Å². The largest absolute Gasteiger partial charge is 0.382 e. The molecule has 1 rings (SSSR count). The predicted molar refractivity (Wildman–Crippen MR) is 56.1 cm³/mol. The summed E-state index contributed by atoms with van der Waals surface area (Å²) in [5, 5.41) is 0. The Kier molecular flexibility index (Phi) is 5.22. The van der Waals surface area contributed by atoms with Gasteiger partial charge in [-0.1, -0.05) is 30.3 Å². The number of nitrogens with two attached hydrogens (primary N) is 1. The molecule has 14 heavy (non-hydrogen) atoms. The van der Waals surface area contributed by atoms with Crippen molar-refractivity contribution in [2.75, 3.05) is 26.9 Å². The van der Waals surface area contributed by atoms with E-state index in [9.17, 15) is 0 Å². The summed E-state index contributed by atoms with van der Waals surface area (Å²) < 4.78 is 10.5. The van der Waals surface area contributed by atoms with Gasteiger partial charge >= 0.3 is 0 Å². The van der Waals surface area contributed by atoms with Gasteiger partial charge in [0, 0.05) is 13.7 Å². The topological polar surface area (TPSA) is 44.5 Å². The number of methoxy groups -OCH3 is 1. The minimum Gasteiger partial charge on any atom is -0.382 e. The van der Waals surface area contributed by atoms with Crippen molar-refractivity contribution in [2.24, 2.45) is 5.73 Å². The van der Waals surface area contributed by atoms with Crippen LogP contribution in [-0.4, -0.2) is 26.9 Å². The minimum atomic E-state index is -0.0219. The predicted octanol–water partition coefficient (Wildman–Crippen LogP) is 1.35. The highest BCUT2D eigenvalue weighted by Gasteiger charge is 2.08. The summed E-state index contributed by atoms with van der Waals surface area (Å²) in [4.78, 5) is 0. The van der Waals surface area contributed by atoms with Gasteiger partial charge in [0.05, 0.1) is 19.3 Å². The van der Waals surface area contributed by atoms with Crippen molar-refractivity contribution in [3.63, 3.8) is 0 Å². The lowest BCUT2D eigenvalue weighted by atomic mass is 10.1. The third-order valence-electron chi connectivity index (χ3n) is 1.99. The third-order valence-corrected chi connectivity index (χ3v) is 1.99. The molecule has 0 aliphatic carbocycles. The fraction of sp³-hybridized carbons (Fsp3) is 0.455. The zero-order valence-electron chi connectivity index (χ0n) is 8.48. The molecule has 3 nitrogen and oxygen atoms in total. The molecule has 1 aromatic carbocycles. The van der Waals surface area contributed by atoms with Gasteiger partial charge in [0.1, 0.15) is 0 Å². The van der Waals surface area contributed by atoms with Crippen LogP contribution in [0.5, 0.6) is 0 Å². The van der Waals surface area contributed by atoms with Gasteiger partial charge in [-0.05, 0) is 5.56 Å². The molecule has 0 radical (unpaired) electrons. The van der Waals surface area contributed by atoms with E-state index in [2.05, 4.69) is 0 Å². The van der Waals surface area contributed by atoms with Crippen LogP contribution in [0.25, 0.3) is 0 Å². The van der Waals surface area contributed by atoms with E-state index >= 15 is 0 Å². The Balaban J connectivity index is 2.46. The van der Waals surface area contributed by atoms with Crippen LogP contribution in [0.4, 0.5) is 0 Å². The lowest BCUT2D eigenvalue weighted by Crippen LogP contribution is -2.17. The maximum absolute atomic E-state index is 5.62. The van der Waals surface area contributed by atoms with Gasteiger partial charge in [0.2, 0.25) is 0 Å². The molecular weight excluding hydrogens is 178 g/mol. The molecule has 0 aromatic heterocycles. The van der Waals surface area contributed by atoms with Crippen LogP contribution >= 0.6 is 0 Å². The maximum Gasteiger partial charge on any atom is 0.0948 e. The smallest absolute Gasteiger partial charge is 0.0948 e. The Labute approximate surface area is 84.8 Å². The molecule has 1 unspecified atom stereocenters. The van der Waals surface area contributed by atoms with Gasteiger partial charge in [-0.25, -0.2) is 0 Å². The minimum absolute atomic E-state index is 0.0219. The number of rotatable bonds is 6. The average Bonchev–Trinajstić information content (AvgIpc) is 2.26. The summed E-state index contributed by atoms with van der Waals surface area (Å²) in [6.45, 7) is 1.67. The van der Waals surface area contributed by atoms with Gasteiger partial charge in [-0.3, -0.25) is 0 Å². The van der Waals surface area contributed by atoms with Gasteiger partial charge < -0.3 is 15.2 Å². The van der Waals surface area contributed by atoms with E-state index in [0.717, 1.165) is 5.56 Å². The lowest BCUT2D eigenvalue weighted by Gasteiger charge is -2.15. The monoisotopic (exact) mass is 195 g/mol. The summed E-state index contributed by atoms with van der Waals surface area (Å²) in [6, 6.07) is 9.98. The summed E-state index contributed by atoms with van der Waals surface area (Å²) in [5.41, 5.74) is 6.74. The summed E-state index contributed by atoms with van der Waals surface area (Å²) in [6.07, 6.45) is -0.0219. The van der Waals surface area contributed by atoms with Crippen molar-refractivity contribution in [3.05, 3.63) is 35.9 Å². The number of ether oxygens (including phenoxy) is 2. The third kappa shape index (κ3) is 3.46. The van der Waals surface area contributed by atoms with Crippen molar-refractivity contribution in [1.82, 2.24) is 0 Å².